The van der Waals surface area contributed by atoms with E-state index < -0.39 is 0 Å². The molecule has 0 saturated carbocycles. The van der Waals surface area contributed by atoms with E-state index >= 15 is 0 Å². The summed E-state index contributed by atoms with van der Waals surface area (Å²) in [6.07, 6.45) is 3.43. The zero-order valence-corrected chi connectivity index (χ0v) is 15.0. The molecule has 22 heavy (non-hydrogen) atoms. The van der Waals surface area contributed by atoms with Gasteiger partial charge in [0.2, 0.25) is 0 Å². The minimum atomic E-state index is -0.206. The minimum absolute atomic E-state index is 0.0134. The van der Waals surface area contributed by atoms with Crippen molar-refractivity contribution in [3.8, 4) is 5.75 Å². The first-order chi connectivity index (χ1) is 10.2. The van der Waals surface area contributed by atoms with Crippen molar-refractivity contribution in [2.75, 3.05) is 0 Å². The maximum atomic E-state index is 13.4. The van der Waals surface area contributed by atoms with Crippen LogP contribution in [0.2, 0.25) is 0 Å². The standard InChI is InChI=1S/C18H24FO2Si/c1-12(11-20-22)18(5,17(2,3)4)16-9-6-13-10-14(19)7-8-15(13)21-16/h7-8,10-11,16H,6,9H2,1-5H3/t16-,18-/m1/s1. The number of hydrogen-bond donors (Lipinski definition) is 0. The van der Waals surface area contributed by atoms with Crippen LogP contribution in [0.25, 0.3) is 0 Å². The summed E-state index contributed by atoms with van der Waals surface area (Å²) in [4.78, 5) is 0. The van der Waals surface area contributed by atoms with Gasteiger partial charge in [-0.3, -0.25) is 0 Å². The second-order valence-electron chi connectivity index (χ2n) is 7.27. The Hall–Kier alpha value is -1.29. The highest BCUT2D eigenvalue weighted by molar-refractivity contribution is 5.98. The molecule has 0 spiro atoms. The van der Waals surface area contributed by atoms with Crippen molar-refractivity contribution in [1.29, 1.82) is 0 Å². The van der Waals surface area contributed by atoms with Crippen molar-refractivity contribution in [3.63, 3.8) is 0 Å². The van der Waals surface area contributed by atoms with Gasteiger partial charge in [0.1, 0.15) is 17.7 Å². The first-order valence-electron chi connectivity index (χ1n) is 7.65. The molecule has 1 aliphatic heterocycles. The van der Waals surface area contributed by atoms with Gasteiger partial charge in [0.25, 0.3) is 0 Å². The summed E-state index contributed by atoms with van der Waals surface area (Å²) in [7, 11) is 3.06. The first kappa shape index (κ1) is 17.1. The minimum Gasteiger partial charge on any atom is -0.546 e. The molecule has 0 N–H and O–H groups in total. The summed E-state index contributed by atoms with van der Waals surface area (Å²) in [5.74, 6) is 0.586. The maximum Gasteiger partial charge on any atom is 0.340 e. The third-order valence-electron chi connectivity index (χ3n) is 5.22. The van der Waals surface area contributed by atoms with Crippen LogP contribution >= 0.6 is 0 Å². The Labute approximate surface area is 136 Å². The van der Waals surface area contributed by atoms with Crippen molar-refractivity contribution in [3.05, 3.63) is 41.4 Å². The second kappa shape index (κ2) is 6.07. The van der Waals surface area contributed by atoms with Gasteiger partial charge in [-0.05, 0) is 54.5 Å². The quantitative estimate of drug-likeness (QED) is 0.600. The summed E-state index contributed by atoms with van der Waals surface area (Å²) in [6.45, 7) is 10.9. The number of hydrogen-bond acceptors (Lipinski definition) is 2. The number of halogens is 1. The molecular weight excluding hydrogens is 295 g/mol. The molecule has 3 radical (unpaired) electrons. The molecule has 0 saturated heterocycles. The van der Waals surface area contributed by atoms with E-state index in [9.17, 15) is 4.39 Å². The summed E-state index contributed by atoms with van der Waals surface area (Å²) in [6, 6.07) is 4.77. The Balaban J connectivity index is 2.39. The van der Waals surface area contributed by atoms with Gasteiger partial charge in [-0.2, -0.15) is 0 Å². The van der Waals surface area contributed by atoms with Crippen LogP contribution in [0, 0.1) is 16.6 Å². The summed E-state index contributed by atoms with van der Waals surface area (Å²) >= 11 is 0. The third-order valence-corrected chi connectivity index (χ3v) is 5.34. The summed E-state index contributed by atoms with van der Waals surface area (Å²) < 4.78 is 24.7. The van der Waals surface area contributed by atoms with Crippen LogP contribution in [-0.4, -0.2) is 16.6 Å². The fraction of sp³-hybridized carbons (Fsp3) is 0.556. The average Bonchev–Trinajstić information content (AvgIpc) is 2.44. The Bertz CT molecular complexity index is 577. The predicted molar refractivity (Wildman–Crippen MR) is 87.3 cm³/mol. The van der Waals surface area contributed by atoms with Gasteiger partial charge < -0.3 is 9.16 Å². The first-order valence-corrected chi connectivity index (χ1v) is 8.05. The Kier molecular flexibility index (Phi) is 4.71. The van der Waals surface area contributed by atoms with Gasteiger partial charge in [0.15, 0.2) is 0 Å². The molecule has 1 aromatic rings. The lowest BCUT2D eigenvalue weighted by Gasteiger charge is -2.49. The zero-order chi connectivity index (χ0) is 16.5. The number of rotatable bonds is 3. The molecule has 0 bridgehead atoms. The molecule has 2 atom stereocenters. The van der Waals surface area contributed by atoms with Gasteiger partial charge in [-0.15, -0.1) is 0 Å². The van der Waals surface area contributed by atoms with Crippen LogP contribution in [0.1, 0.15) is 46.6 Å². The fourth-order valence-corrected chi connectivity index (χ4v) is 3.48. The molecule has 0 unspecified atom stereocenters. The van der Waals surface area contributed by atoms with Crippen molar-refractivity contribution in [1.82, 2.24) is 0 Å². The molecule has 0 fully saturated rings. The molecule has 0 aliphatic carbocycles. The highest BCUT2D eigenvalue weighted by atomic mass is 28.2. The number of fused-ring (bicyclic) bond motifs is 1. The van der Waals surface area contributed by atoms with Gasteiger partial charge in [-0.1, -0.05) is 27.7 Å². The molecule has 1 aliphatic rings. The predicted octanol–water partition coefficient (Wildman–Crippen LogP) is 4.58. The molecule has 2 rings (SSSR count). The van der Waals surface area contributed by atoms with Crippen molar-refractivity contribution in [2.24, 2.45) is 10.8 Å². The van der Waals surface area contributed by atoms with Crippen molar-refractivity contribution < 1.29 is 13.6 Å². The molecule has 0 amide bonds. The SMILES string of the molecule is CC(=CO[Si])[C@](C)([C@H]1CCc2cc(F)ccc2O1)C(C)(C)C. The molecule has 2 nitrogen and oxygen atoms in total. The van der Waals surface area contributed by atoms with Crippen LogP contribution in [0.3, 0.4) is 0 Å². The van der Waals surface area contributed by atoms with Crippen molar-refractivity contribution >= 4 is 10.5 Å². The Morgan fingerprint density at radius 1 is 1.36 bits per heavy atom. The third kappa shape index (κ3) is 2.93. The molecule has 1 heterocycles. The van der Waals surface area contributed by atoms with Gasteiger partial charge in [0, 0.05) is 5.41 Å². The largest absolute Gasteiger partial charge is 0.546 e. The smallest absolute Gasteiger partial charge is 0.340 e. The second-order valence-corrected chi connectivity index (χ2v) is 7.50. The molecule has 4 heteroatoms. The topological polar surface area (TPSA) is 18.5 Å². The van der Waals surface area contributed by atoms with Crippen LogP contribution in [-0.2, 0) is 10.8 Å². The van der Waals surface area contributed by atoms with Crippen LogP contribution in [0.15, 0.2) is 30.0 Å². The molecule has 1 aromatic carbocycles. The summed E-state index contributed by atoms with van der Waals surface area (Å²) in [5.41, 5.74) is 1.85. The summed E-state index contributed by atoms with van der Waals surface area (Å²) in [5, 5.41) is 0. The van der Waals surface area contributed by atoms with Crippen LogP contribution in [0.4, 0.5) is 4.39 Å². The van der Waals surface area contributed by atoms with Gasteiger partial charge in [-0.25, -0.2) is 4.39 Å². The highest BCUT2D eigenvalue weighted by Crippen LogP contribution is 2.50. The van der Waals surface area contributed by atoms with E-state index in [2.05, 4.69) is 45.1 Å². The number of aryl methyl sites for hydroxylation is 1. The Morgan fingerprint density at radius 3 is 2.64 bits per heavy atom. The van der Waals surface area contributed by atoms with E-state index in [1.807, 2.05) is 0 Å². The van der Waals surface area contributed by atoms with E-state index in [4.69, 9.17) is 9.16 Å². The van der Waals surface area contributed by atoms with E-state index in [-0.39, 0.29) is 22.8 Å². The lowest BCUT2D eigenvalue weighted by molar-refractivity contribution is -0.00916. The maximum absolute atomic E-state index is 13.4. The number of ether oxygens (including phenoxy) is 1. The van der Waals surface area contributed by atoms with Gasteiger partial charge in [0.05, 0.1) is 6.26 Å². The molecule has 119 valence electrons. The van der Waals surface area contributed by atoms with Gasteiger partial charge >= 0.3 is 10.5 Å². The Morgan fingerprint density at radius 2 is 2.05 bits per heavy atom. The molecule has 0 aromatic heterocycles. The van der Waals surface area contributed by atoms with E-state index in [1.165, 1.54) is 6.07 Å². The van der Waals surface area contributed by atoms with E-state index in [0.717, 1.165) is 29.7 Å². The normalized spacial score (nSPS) is 21.6. The van der Waals surface area contributed by atoms with Crippen molar-refractivity contribution in [2.45, 2.75) is 53.6 Å². The zero-order valence-electron chi connectivity index (χ0n) is 14.0. The fourth-order valence-electron chi connectivity index (χ4n) is 3.30. The van der Waals surface area contributed by atoms with Crippen LogP contribution < -0.4 is 4.74 Å². The monoisotopic (exact) mass is 319 g/mol. The van der Waals surface area contributed by atoms with E-state index in [0.29, 0.717) is 0 Å². The highest BCUT2D eigenvalue weighted by Gasteiger charge is 2.48. The van der Waals surface area contributed by atoms with Crippen LogP contribution in [0.5, 0.6) is 5.75 Å². The number of benzene rings is 1. The molecular formula is C18H24FO2Si. The lowest BCUT2D eigenvalue weighted by atomic mass is 9.60. The average molecular weight is 319 g/mol. The van der Waals surface area contributed by atoms with E-state index in [1.54, 1.807) is 18.4 Å². The lowest BCUT2D eigenvalue weighted by Crippen LogP contribution is -2.48.